The minimum Gasteiger partial charge on any atom is -0.506 e. The molecule has 4 nitrogen and oxygen atoms in total. The summed E-state index contributed by atoms with van der Waals surface area (Å²) in [5.41, 5.74) is 4.12. The molecule has 0 radical (unpaired) electrons. The van der Waals surface area contributed by atoms with Crippen molar-refractivity contribution in [2.45, 2.75) is 18.7 Å². The standard InChI is InChI=1S/C22H16ClN3OS/c1-14-6-8-15(9-7-14)20-13-28-22(26-20)19(12-25)21(27)18-5-3-2-4-16(18)10-17(23)11-24/h2-9,13,17,27H,10H2,1H3/b21-19-. The molecule has 1 aromatic heterocycles. The number of hydrogen-bond acceptors (Lipinski definition) is 5. The molecule has 0 fully saturated rings. The van der Waals surface area contributed by atoms with Crippen LogP contribution >= 0.6 is 22.9 Å². The van der Waals surface area contributed by atoms with Crippen molar-refractivity contribution in [3.63, 3.8) is 0 Å². The van der Waals surface area contributed by atoms with Crippen molar-refractivity contribution in [1.29, 1.82) is 10.5 Å². The number of allylic oxidation sites excluding steroid dienone is 1. The number of thiazole rings is 1. The van der Waals surface area contributed by atoms with E-state index in [1.807, 2.05) is 42.6 Å². The van der Waals surface area contributed by atoms with Crippen LogP contribution in [0.5, 0.6) is 0 Å². The van der Waals surface area contributed by atoms with Crippen molar-refractivity contribution in [2.75, 3.05) is 0 Å². The van der Waals surface area contributed by atoms with Gasteiger partial charge in [-0.25, -0.2) is 4.98 Å². The second kappa shape index (κ2) is 8.71. The molecule has 1 atom stereocenters. The maximum absolute atomic E-state index is 10.8. The number of aromatic nitrogens is 1. The van der Waals surface area contributed by atoms with Gasteiger partial charge in [0.1, 0.15) is 27.8 Å². The van der Waals surface area contributed by atoms with Gasteiger partial charge in [0.05, 0.1) is 11.8 Å². The lowest BCUT2D eigenvalue weighted by Crippen LogP contribution is -2.03. The van der Waals surface area contributed by atoms with Gasteiger partial charge in [-0.05, 0) is 12.5 Å². The van der Waals surface area contributed by atoms with E-state index in [1.165, 1.54) is 11.3 Å². The SMILES string of the molecule is Cc1ccc(-c2csc(/C(C#N)=C(\O)c3ccccc3CC(Cl)C#N)n2)cc1. The molecule has 0 aliphatic rings. The minimum atomic E-state index is -0.715. The van der Waals surface area contributed by atoms with Crippen molar-refractivity contribution in [2.24, 2.45) is 0 Å². The van der Waals surface area contributed by atoms with Gasteiger partial charge in [-0.2, -0.15) is 10.5 Å². The molecule has 1 unspecified atom stereocenters. The molecule has 1 heterocycles. The van der Waals surface area contributed by atoms with Gasteiger partial charge in [0.2, 0.25) is 0 Å². The Morgan fingerprint density at radius 2 is 1.89 bits per heavy atom. The highest BCUT2D eigenvalue weighted by Gasteiger charge is 2.18. The number of benzene rings is 2. The Kier molecular flexibility index (Phi) is 6.11. The first-order valence-corrected chi connectivity index (χ1v) is 9.83. The van der Waals surface area contributed by atoms with Crippen LogP contribution in [0.2, 0.25) is 0 Å². The van der Waals surface area contributed by atoms with Crippen LogP contribution < -0.4 is 0 Å². The Labute approximate surface area is 172 Å². The summed E-state index contributed by atoms with van der Waals surface area (Å²) < 4.78 is 0. The van der Waals surface area contributed by atoms with Gasteiger partial charge >= 0.3 is 0 Å². The summed E-state index contributed by atoms with van der Waals surface area (Å²) in [4.78, 5) is 4.53. The number of aliphatic hydroxyl groups is 1. The van der Waals surface area contributed by atoms with E-state index in [2.05, 4.69) is 11.1 Å². The average Bonchev–Trinajstić information content (AvgIpc) is 3.19. The molecule has 3 rings (SSSR count). The van der Waals surface area contributed by atoms with Crippen molar-refractivity contribution in [1.82, 2.24) is 4.98 Å². The third-order valence-electron chi connectivity index (χ3n) is 4.23. The molecule has 0 saturated heterocycles. The zero-order valence-electron chi connectivity index (χ0n) is 15.1. The van der Waals surface area contributed by atoms with Crippen LogP contribution in [-0.4, -0.2) is 15.5 Å². The topological polar surface area (TPSA) is 80.7 Å². The van der Waals surface area contributed by atoms with E-state index in [9.17, 15) is 10.4 Å². The largest absolute Gasteiger partial charge is 0.506 e. The van der Waals surface area contributed by atoms with Crippen LogP contribution in [0.15, 0.2) is 53.9 Å². The quantitative estimate of drug-likeness (QED) is 0.333. The number of hydrogen-bond donors (Lipinski definition) is 1. The maximum atomic E-state index is 10.8. The van der Waals surface area contributed by atoms with Crippen LogP contribution in [0.25, 0.3) is 22.6 Å². The van der Waals surface area contributed by atoms with E-state index < -0.39 is 5.38 Å². The smallest absolute Gasteiger partial charge is 0.143 e. The summed E-state index contributed by atoms with van der Waals surface area (Å²) in [6.45, 7) is 2.01. The van der Waals surface area contributed by atoms with Crippen LogP contribution in [0.3, 0.4) is 0 Å². The van der Waals surface area contributed by atoms with Crippen LogP contribution in [-0.2, 0) is 6.42 Å². The lowest BCUT2D eigenvalue weighted by atomic mass is 9.99. The van der Waals surface area contributed by atoms with Crippen LogP contribution in [0.4, 0.5) is 0 Å². The fraction of sp³-hybridized carbons (Fsp3) is 0.136. The monoisotopic (exact) mass is 405 g/mol. The lowest BCUT2D eigenvalue weighted by molar-refractivity contribution is 0.513. The molecule has 2 aromatic carbocycles. The van der Waals surface area contributed by atoms with E-state index >= 15 is 0 Å². The normalized spacial score (nSPS) is 12.6. The molecular weight excluding hydrogens is 390 g/mol. The molecule has 0 spiro atoms. The van der Waals surface area contributed by atoms with Crippen molar-refractivity contribution >= 4 is 34.3 Å². The molecule has 28 heavy (non-hydrogen) atoms. The lowest BCUT2D eigenvalue weighted by Gasteiger charge is -2.10. The highest BCUT2D eigenvalue weighted by molar-refractivity contribution is 7.11. The van der Waals surface area contributed by atoms with E-state index in [1.54, 1.807) is 24.3 Å². The van der Waals surface area contributed by atoms with Gasteiger partial charge < -0.3 is 5.11 Å². The zero-order valence-corrected chi connectivity index (χ0v) is 16.6. The summed E-state index contributed by atoms with van der Waals surface area (Å²) in [7, 11) is 0. The predicted molar refractivity (Wildman–Crippen MR) is 113 cm³/mol. The molecule has 3 aromatic rings. The first-order valence-electron chi connectivity index (χ1n) is 8.51. The summed E-state index contributed by atoms with van der Waals surface area (Å²) >= 11 is 7.25. The second-order valence-electron chi connectivity index (χ2n) is 6.20. The number of aliphatic hydroxyl groups excluding tert-OH is 1. The number of halogens is 1. The van der Waals surface area contributed by atoms with Gasteiger partial charge in [-0.15, -0.1) is 22.9 Å². The Bertz CT molecular complexity index is 1100. The molecule has 0 bridgehead atoms. The average molecular weight is 406 g/mol. The Balaban J connectivity index is 2.02. The summed E-state index contributed by atoms with van der Waals surface area (Å²) in [6, 6.07) is 19.0. The molecule has 0 aliphatic carbocycles. The van der Waals surface area contributed by atoms with Crippen LogP contribution in [0.1, 0.15) is 21.7 Å². The van der Waals surface area contributed by atoms with Crippen molar-refractivity contribution < 1.29 is 5.11 Å². The van der Waals surface area contributed by atoms with E-state index in [-0.39, 0.29) is 17.8 Å². The molecule has 6 heteroatoms. The highest BCUT2D eigenvalue weighted by atomic mass is 35.5. The van der Waals surface area contributed by atoms with Gasteiger partial charge in [0.25, 0.3) is 0 Å². The summed E-state index contributed by atoms with van der Waals surface area (Å²) in [5, 5.41) is 31.0. The number of nitrogens with zero attached hydrogens (tertiary/aromatic N) is 3. The van der Waals surface area contributed by atoms with Gasteiger partial charge in [-0.3, -0.25) is 0 Å². The minimum absolute atomic E-state index is 0.0962. The van der Waals surface area contributed by atoms with Crippen molar-refractivity contribution in [3.05, 3.63) is 75.6 Å². The third kappa shape index (κ3) is 4.23. The molecule has 138 valence electrons. The fourth-order valence-electron chi connectivity index (χ4n) is 2.75. The highest BCUT2D eigenvalue weighted by Crippen LogP contribution is 2.31. The number of alkyl halides is 1. The molecule has 0 saturated carbocycles. The number of rotatable bonds is 5. The van der Waals surface area contributed by atoms with E-state index in [0.29, 0.717) is 16.1 Å². The fourth-order valence-corrected chi connectivity index (χ4v) is 3.74. The van der Waals surface area contributed by atoms with E-state index in [0.717, 1.165) is 16.8 Å². The van der Waals surface area contributed by atoms with Crippen LogP contribution in [0, 0.1) is 29.6 Å². The molecular formula is C22H16ClN3OS. The molecule has 0 aliphatic heterocycles. The Morgan fingerprint density at radius 3 is 2.57 bits per heavy atom. The van der Waals surface area contributed by atoms with Gasteiger partial charge in [0.15, 0.2) is 0 Å². The predicted octanol–water partition coefficient (Wildman–Crippen LogP) is 5.74. The number of nitriles is 2. The summed E-state index contributed by atoms with van der Waals surface area (Å²) in [6.07, 6.45) is 0.267. The second-order valence-corrected chi connectivity index (χ2v) is 7.58. The maximum Gasteiger partial charge on any atom is 0.143 e. The first-order chi connectivity index (χ1) is 13.5. The van der Waals surface area contributed by atoms with Crippen molar-refractivity contribution in [3.8, 4) is 23.4 Å². The number of aryl methyl sites for hydroxylation is 1. The van der Waals surface area contributed by atoms with Gasteiger partial charge in [-0.1, -0.05) is 54.1 Å². The van der Waals surface area contributed by atoms with Gasteiger partial charge in [0, 0.05) is 22.9 Å². The summed E-state index contributed by atoms with van der Waals surface area (Å²) in [5.74, 6) is -0.162. The zero-order chi connectivity index (χ0) is 20.1. The first kappa shape index (κ1) is 19.6. The molecule has 0 amide bonds. The Hall–Kier alpha value is -3.12. The van der Waals surface area contributed by atoms with E-state index in [4.69, 9.17) is 16.9 Å². The third-order valence-corrected chi connectivity index (χ3v) is 5.34. The molecule has 1 N–H and O–H groups in total. The Morgan fingerprint density at radius 1 is 1.18 bits per heavy atom.